The molecule has 2 N–H and O–H groups in total. The van der Waals surface area contributed by atoms with Gasteiger partial charge in [0.05, 0.1) is 11.2 Å². The fraction of sp³-hybridized carbons (Fsp3) is 0.231. The minimum atomic E-state index is -0.245. The van der Waals surface area contributed by atoms with Crippen LogP contribution in [0.3, 0.4) is 0 Å². The maximum atomic E-state index is 12.5. The molecule has 4 nitrogen and oxygen atoms in total. The van der Waals surface area contributed by atoms with Crippen molar-refractivity contribution in [1.82, 2.24) is 9.78 Å². The minimum absolute atomic E-state index is 0.0305. The van der Waals surface area contributed by atoms with Crippen LogP contribution in [-0.2, 0) is 0 Å². The summed E-state index contributed by atoms with van der Waals surface area (Å²) < 4.78 is 1.59. The molecule has 0 bridgehead atoms. The van der Waals surface area contributed by atoms with Gasteiger partial charge >= 0.3 is 0 Å². The van der Waals surface area contributed by atoms with Gasteiger partial charge < -0.3 is 5.73 Å². The standard InChI is InChI=1S/C13H13Cl2N3O/c1-7(2)18-12(11(15)6-17-18)13(19)8-3-9(14)5-10(16)4-8/h3-7H,16H2,1-2H3. The fourth-order valence-electron chi connectivity index (χ4n) is 1.83. The predicted molar refractivity (Wildman–Crippen MR) is 76.9 cm³/mol. The van der Waals surface area contributed by atoms with Gasteiger partial charge in [0.1, 0.15) is 5.69 Å². The zero-order valence-electron chi connectivity index (χ0n) is 10.5. The number of ketones is 1. The Balaban J connectivity index is 2.53. The lowest BCUT2D eigenvalue weighted by Crippen LogP contribution is -2.14. The first-order valence-corrected chi connectivity index (χ1v) is 6.49. The second-order valence-corrected chi connectivity index (χ2v) is 5.33. The quantitative estimate of drug-likeness (QED) is 0.696. The molecule has 0 spiro atoms. The molecule has 2 aromatic rings. The molecule has 1 heterocycles. The van der Waals surface area contributed by atoms with Crippen molar-refractivity contribution in [3.63, 3.8) is 0 Å². The van der Waals surface area contributed by atoms with Crippen LogP contribution in [0.15, 0.2) is 24.4 Å². The second kappa shape index (κ2) is 5.23. The van der Waals surface area contributed by atoms with E-state index in [1.807, 2.05) is 13.8 Å². The van der Waals surface area contributed by atoms with Crippen molar-refractivity contribution in [2.75, 3.05) is 5.73 Å². The summed E-state index contributed by atoms with van der Waals surface area (Å²) in [6.45, 7) is 3.85. The van der Waals surface area contributed by atoms with Gasteiger partial charge in [0, 0.05) is 22.3 Å². The molecule has 0 unspecified atom stereocenters. The molecule has 0 radical (unpaired) electrons. The molecule has 0 aliphatic rings. The highest BCUT2D eigenvalue weighted by atomic mass is 35.5. The molecule has 6 heteroatoms. The average Bonchev–Trinajstić information content (AvgIpc) is 2.69. The first-order chi connectivity index (χ1) is 8.90. The number of hydrogen-bond donors (Lipinski definition) is 1. The Morgan fingerprint density at radius 1 is 1.32 bits per heavy atom. The van der Waals surface area contributed by atoms with Crippen molar-refractivity contribution >= 4 is 34.7 Å². The van der Waals surface area contributed by atoms with Crippen LogP contribution >= 0.6 is 23.2 Å². The Morgan fingerprint density at radius 2 is 2.00 bits per heavy atom. The van der Waals surface area contributed by atoms with Crippen molar-refractivity contribution in [2.24, 2.45) is 0 Å². The van der Waals surface area contributed by atoms with Crippen molar-refractivity contribution in [3.05, 3.63) is 45.7 Å². The maximum Gasteiger partial charge on any atom is 0.212 e. The van der Waals surface area contributed by atoms with Crippen LogP contribution in [0.25, 0.3) is 0 Å². The molecule has 0 aliphatic heterocycles. The zero-order valence-corrected chi connectivity index (χ0v) is 12.0. The third-order valence-corrected chi connectivity index (χ3v) is 3.13. The van der Waals surface area contributed by atoms with Gasteiger partial charge in [-0.2, -0.15) is 5.10 Å². The van der Waals surface area contributed by atoms with Crippen molar-refractivity contribution in [3.8, 4) is 0 Å². The van der Waals surface area contributed by atoms with E-state index >= 15 is 0 Å². The number of hydrogen-bond acceptors (Lipinski definition) is 3. The molecule has 19 heavy (non-hydrogen) atoms. The number of carbonyl (C=O) groups is 1. The molecule has 100 valence electrons. The minimum Gasteiger partial charge on any atom is -0.399 e. The van der Waals surface area contributed by atoms with E-state index in [4.69, 9.17) is 28.9 Å². The molecule has 0 saturated heterocycles. The lowest BCUT2D eigenvalue weighted by atomic mass is 10.1. The number of rotatable bonds is 3. The van der Waals surface area contributed by atoms with E-state index in [9.17, 15) is 4.79 Å². The Morgan fingerprint density at radius 3 is 2.58 bits per heavy atom. The van der Waals surface area contributed by atoms with E-state index in [1.165, 1.54) is 6.20 Å². The van der Waals surface area contributed by atoms with Crippen molar-refractivity contribution < 1.29 is 4.79 Å². The van der Waals surface area contributed by atoms with Gasteiger partial charge in [-0.15, -0.1) is 0 Å². The third-order valence-electron chi connectivity index (χ3n) is 2.64. The highest BCUT2D eigenvalue weighted by Crippen LogP contribution is 2.24. The molecular weight excluding hydrogens is 285 g/mol. The number of aromatic nitrogens is 2. The van der Waals surface area contributed by atoms with E-state index in [2.05, 4.69) is 5.10 Å². The number of nitrogen functional groups attached to an aromatic ring is 1. The smallest absolute Gasteiger partial charge is 0.212 e. The summed E-state index contributed by atoms with van der Waals surface area (Å²) >= 11 is 12.0. The molecule has 0 fully saturated rings. The van der Waals surface area contributed by atoms with Crippen LogP contribution < -0.4 is 5.73 Å². The molecular formula is C13H13Cl2N3O. The van der Waals surface area contributed by atoms with Crippen LogP contribution in [0, 0.1) is 0 Å². The SMILES string of the molecule is CC(C)n1ncc(Cl)c1C(=O)c1cc(N)cc(Cl)c1. The number of anilines is 1. The fourth-order valence-corrected chi connectivity index (χ4v) is 2.28. The zero-order chi connectivity index (χ0) is 14.2. The number of halogens is 2. The summed E-state index contributed by atoms with van der Waals surface area (Å²) in [4.78, 5) is 12.5. The van der Waals surface area contributed by atoms with E-state index < -0.39 is 0 Å². The summed E-state index contributed by atoms with van der Waals surface area (Å²) in [6, 6.07) is 4.75. The van der Waals surface area contributed by atoms with Crippen LogP contribution in [0.2, 0.25) is 10.0 Å². The summed E-state index contributed by atoms with van der Waals surface area (Å²) in [5.41, 5.74) is 6.87. The Bertz CT molecular complexity index is 615. The highest BCUT2D eigenvalue weighted by Gasteiger charge is 2.21. The van der Waals surface area contributed by atoms with Gasteiger partial charge in [-0.25, -0.2) is 0 Å². The van der Waals surface area contributed by atoms with E-state index in [-0.39, 0.29) is 11.8 Å². The van der Waals surface area contributed by atoms with Crippen LogP contribution in [-0.4, -0.2) is 15.6 Å². The number of benzene rings is 1. The second-order valence-electron chi connectivity index (χ2n) is 4.48. The molecule has 1 aromatic heterocycles. The highest BCUT2D eigenvalue weighted by molar-refractivity contribution is 6.35. The Hall–Kier alpha value is -1.52. The lowest BCUT2D eigenvalue weighted by molar-refractivity contribution is 0.102. The third kappa shape index (κ3) is 2.74. The van der Waals surface area contributed by atoms with Gasteiger partial charge in [-0.3, -0.25) is 9.48 Å². The lowest BCUT2D eigenvalue weighted by Gasteiger charge is -2.11. The van der Waals surface area contributed by atoms with Gasteiger partial charge in [-0.05, 0) is 32.0 Å². The largest absolute Gasteiger partial charge is 0.399 e. The number of carbonyl (C=O) groups excluding carboxylic acids is 1. The first kappa shape index (κ1) is 13.9. The Kier molecular flexibility index (Phi) is 3.83. The number of nitrogens with two attached hydrogens (primary N) is 1. The molecule has 0 atom stereocenters. The topological polar surface area (TPSA) is 60.9 Å². The van der Waals surface area contributed by atoms with Gasteiger partial charge in [0.25, 0.3) is 0 Å². The average molecular weight is 298 g/mol. The normalized spacial score (nSPS) is 11.0. The van der Waals surface area contributed by atoms with Gasteiger partial charge in [-0.1, -0.05) is 23.2 Å². The first-order valence-electron chi connectivity index (χ1n) is 5.74. The van der Waals surface area contributed by atoms with Crippen LogP contribution in [0.1, 0.15) is 35.9 Å². The van der Waals surface area contributed by atoms with Crippen molar-refractivity contribution in [2.45, 2.75) is 19.9 Å². The molecule has 0 aliphatic carbocycles. The summed E-state index contributed by atoms with van der Waals surface area (Å²) in [6.07, 6.45) is 1.46. The predicted octanol–water partition coefficient (Wildman–Crippen LogP) is 3.58. The maximum absolute atomic E-state index is 12.5. The molecule has 2 rings (SSSR count). The van der Waals surface area contributed by atoms with Gasteiger partial charge in [0.15, 0.2) is 0 Å². The summed E-state index contributed by atoms with van der Waals surface area (Å²) in [5, 5.41) is 4.84. The molecule has 0 amide bonds. The van der Waals surface area contributed by atoms with Gasteiger partial charge in [0.2, 0.25) is 5.78 Å². The number of nitrogens with zero attached hydrogens (tertiary/aromatic N) is 2. The summed E-state index contributed by atoms with van der Waals surface area (Å²) in [5.74, 6) is -0.245. The monoisotopic (exact) mass is 297 g/mol. The van der Waals surface area contributed by atoms with E-state index in [0.29, 0.717) is 27.0 Å². The van der Waals surface area contributed by atoms with E-state index in [1.54, 1.807) is 22.9 Å². The Labute approximate surface area is 121 Å². The van der Waals surface area contributed by atoms with E-state index in [0.717, 1.165) is 0 Å². The van der Waals surface area contributed by atoms with Crippen LogP contribution in [0.5, 0.6) is 0 Å². The van der Waals surface area contributed by atoms with Crippen molar-refractivity contribution in [1.29, 1.82) is 0 Å². The van der Waals surface area contributed by atoms with Crippen LogP contribution in [0.4, 0.5) is 5.69 Å². The summed E-state index contributed by atoms with van der Waals surface area (Å²) in [7, 11) is 0. The molecule has 1 aromatic carbocycles. The molecule has 0 saturated carbocycles.